The molecule has 1 N–H and O–H groups in total. The Kier molecular flexibility index (Phi) is 7.99. The first-order valence-corrected chi connectivity index (χ1v) is 12.7. The van der Waals surface area contributed by atoms with Crippen molar-refractivity contribution in [2.24, 2.45) is 5.92 Å². The van der Waals surface area contributed by atoms with Crippen LogP contribution in [0.15, 0.2) is 41.3 Å². The molecule has 1 saturated heterocycles. The smallest absolute Gasteiger partial charge is 0.243 e. The van der Waals surface area contributed by atoms with Gasteiger partial charge in [-0.2, -0.15) is 4.31 Å². The number of carbonyl (C=O) groups is 2. The molecule has 2 amide bonds. The number of piperidine rings is 1. The summed E-state index contributed by atoms with van der Waals surface area (Å²) in [4.78, 5) is 27.1. The zero-order valence-electron chi connectivity index (χ0n) is 20.4. The topological polar surface area (TPSA) is 96.0 Å². The van der Waals surface area contributed by atoms with Crippen molar-refractivity contribution in [2.45, 2.75) is 38.5 Å². The van der Waals surface area contributed by atoms with E-state index in [4.69, 9.17) is 4.74 Å². The number of methoxy groups -OCH3 is 1. The molecule has 0 saturated carbocycles. The molecular weight excluding hydrogens is 454 g/mol. The number of nitrogens with zero attached hydrogens (tertiary/aromatic N) is 2. The van der Waals surface area contributed by atoms with Gasteiger partial charge in [-0.3, -0.25) is 9.59 Å². The fourth-order valence-electron chi connectivity index (χ4n) is 4.55. The molecule has 184 valence electrons. The van der Waals surface area contributed by atoms with Gasteiger partial charge >= 0.3 is 0 Å². The zero-order valence-corrected chi connectivity index (χ0v) is 21.2. The monoisotopic (exact) mass is 487 g/mol. The molecule has 9 heteroatoms. The van der Waals surface area contributed by atoms with Crippen LogP contribution in [-0.2, 0) is 19.6 Å². The van der Waals surface area contributed by atoms with Gasteiger partial charge in [-0.15, -0.1) is 0 Å². The molecule has 8 nitrogen and oxygen atoms in total. The largest absolute Gasteiger partial charge is 0.497 e. The maximum absolute atomic E-state index is 13.3. The Labute approximate surface area is 201 Å². The summed E-state index contributed by atoms with van der Waals surface area (Å²) in [5.74, 6) is -0.156. The highest BCUT2D eigenvalue weighted by Gasteiger charge is 2.34. The van der Waals surface area contributed by atoms with Crippen molar-refractivity contribution in [2.75, 3.05) is 39.1 Å². The lowest BCUT2D eigenvalue weighted by atomic mass is 9.96. The summed E-state index contributed by atoms with van der Waals surface area (Å²) in [5.41, 5.74) is 3.08. The summed E-state index contributed by atoms with van der Waals surface area (Å²) in [6, 6.07) is 10.7. The molecule has 0 atom stereocenters. The van der Waals surface area contributed by atoms with Crippen LogP contribution in [0.2, 0.25) is 0 Å². The molecule has 0 bridgehead atoms. The van der Waals surface area contributed by atoms with Crippen LogP contribution in [0.3, 0.4) is 0 Å². The molecule has 1 aliphatic heterocycles. The van der Waals surface area contributed by atoms with Gasteiger partial charge in [-0.1, -0.05) is 23.8 Å². The fraction of sp³-hybridized carbons (Fsp3) is 0.440. The van der Waals surface area contributed by atoms with Gasteiger partial charge in [-0.05, 0) is 56.9 Å². The molecule has 0 aliphatic carbocycles. The van der Waals surface area contributed by atoms with E-state index in [-0.39, 0.29) is 37.4 Å². The molecular formula is C25H33N3O5S. The molecule has 0 radical (unpaired) electrons. The number of aryl methyl sites for hydroxylation is 3. The maximum Gasteiger partial charge on any atom is 0.243 e. The molecule has 34 heavy (non-hydrogen) atoms. The van der Waals surface area contributed by atoms with Gasteiger partial charge in [0, 0.05) is 37.8 Å². The van der Waals surface area contributed by atoms with Crippen molar-refractivity contribution >= 4 is 27.5 Å². The number of hydrogen-bond donors (Lipinski definition) is 1. The Morgan fingerprint density at radius 1 is 1.09 bits per heavy atom. The average Bonchev–Trinajstić information content (AvgIpc) is 2.77. The summed E-state index contributed by atoms with van der Waals surface area (Å²) < 4.78 is 33.2. The van der Waals surface area contributed by atoms with E-state index in [1.807, 2.05) is 32.9 Å². The highest BCUT2D eigenvalue weighted by molar-refractivity contribution is 7.89. The first-order valence-electron chi connectivity index (χ1n) is 11.3. The highest BCUT2D eigenvalue weighted by Crippen LogP contribution is 2.29. The van der Waals surface area contributed by atoms with E-state index in [9.17, 15) is 18.0 Å². The number of anilines is 1. The average molecular weight is 488 g/mol. The van der Waals surface area contributed by atoms with E-state index in [2.05, 4.69) is 5.32 Å². The predicted molar refractivity (Wildman–Crippen MR) is 131 cm³/mol. The molecule has 2 aromatic rings. The zero-order chi connectivity index (χ0) is 25.0. The van der Waals surface area contributed by atoms with Crippen LogP contribution in [0.1, 0.15) is 29.5 Å². The first kappa shape index (κ1) is 25.7. The van der Waals surface area contributed by atoms with Crippen LogP contribution >= 0.6 is 0 Å². The third kappa shape index (κ3) is 5.77. The lowest BCUT2D eigenvalue weighted by Gasteiger charge is -2.33. The van der Waals surface area contributed by atoms with E-state index >= 15 is 0 Å². The Hall–Kier alpha value is -2.91. The van der Waals surface area contributed by atoms with E-state index in [0.717, 1.165) is 16.7 Å². The normalized spacial score (nSPS) is 15.1. The van der Waals surface area contributed by atoms with E-state index in [1.165, 1.54) is 9.21 Å². The molecule has 1 aliphatic rings. The number of rotatable bonds is 7. The number of benzene rings is 2. The number of hydrogen-bond acceptors (Lipinski definition) is 5. The maximum atomic E-state index is 13.3. The van der Waals surface area contributed by atoms with Gasteiger partial charge in [-0.25, -0.2) is 8.42 Å². The van der Waals surface area contributed by atoms with Gasteiger partial charge < -0.3 is 15.0 Å². The number of amides is 2. The molecule has 3 rings (SSSR count). The predicted octanol–water partition coefficient (Wildman–Crippen LogP) is 3.12. The van der Waals surface area contributed by atoms with Crippen molar-refractivity contribution in [1.29, 1.82) is 0 Å². The number of sulfonamides is 1. The highest BCUT2D eigenvalue weighted by atomic mass is 32.2. The van der Waals surface area contributed by atoms with Gasteiger partial charge in [0.15, 0.2) is 0 Å². The summed E-state index contributed by atoms with van der Waals surface area (Å²) in [5, 5.41) is 2.76. The van der Waals surface area contributed by atoms with Crippen LogP contribution in [0.4, 0.5) is 5.69 Å². The second-order valence-electron chi connectivity index (χ2n) is 8.88. The van der Waals surface area contributed by atoms with Gasteiger partial charge in [0.25, 0.3) is 0 Å². The Morgan fingerprint density at radius 2 is 1.71 bits per heavy atom. The lowest BCUT2D eigenvalue weighted by molar-refractivity contribution is -0.138. The molecule has 0 unspecified atom stereocenters. The van der Waals surface area contributed by atoms with E-state index in [1.54, 1.807) is 38.4 Å². The molecule has 2 aromatic carbocycles. The minimum absolute atomic E-state index is 0.0870. The van der Waals surface area contributed by atoms with Crippen molar-refractivity contribution in [3.05, 3.63) is 53.1 Å². The summed E-state index contributed by atoms with van der Waals surface area (Å²) in [6.45, 7) is 6.03. The summed E-state index contributed by atoms with van der Waals surface area (Å²) in [7, 11) is -0.493. The fourth-order valence-corrected chi connectivity index (χ4v) is 6.43. The summed E-state index contributed by atoms with van der Waals surface area (Å²) >= 11 is 0. The second kappa shape index (κ2) is 10.6. The van der Waals surface area contributed by atoms with Crippen LogP contribution in [0, 0.1) is 26.7 Å². The van der Waals surface area contributed by atoms with Crippen molar-refractivity contribution in [3.63, 3.8) is 0 Å². The SMILES string of the molecule is COc1cccc(NC(=O)CN(C)C(=O)C2CCN(S(=O)(=O)c3c(C)cc(C)cc3C)CC2)c1. The van der Waals surface area contributed by atoms with Crippen LogP contribution < -0.4 is 10.1 Å². The number of ether oxygens (including phenoxy) is 1. The number of carbonyl (C=O) groups excluding carboxylic acids is 2. The Morgan fingerprint density at radius 3 is 2.29 bits per heavy atom. The standard InChI is InChI=1S/C25H33N3O5S/c1-17-13-18(2)24(19(3)14-17)34(31,32)28-11-9-20(10-12-28)25(30)27(4)16-23(29)26-21-7-6-8-22(15-21)33-5/h6-8,13-15,20H,9-12,16H2,1-5H3,(H,26,29). The Bertz CT molecular complexity index is 1150. The van der Waals surface area contributed by atoms with Gasteiger partial charge in [0.2, 0.25) is 21.8 Å². The van der Waals surface area contributed by atoms with Crippen molar-refractivity contribution in [1.82, 2.24) is 9.21 Å². The van der Waals surface area contributed by atoms with Crippen LogP contribution in [0.25, 0.3) is 0 Å². The second-order valence-corrected chi connectivity index (χ2v) is 10.8. The lowest BCUT2D eigenvalue weighted by Crippen LogP contribution is -2.45. The minimum atomic E-state index is -3.63. The van der Waals surface area contributed by atoms with E-state index in [0.29, 0.717) is 29.2 Å². The quantitative estimate of drug-likeness (QED) is 0.647. The molecule has 0 spiro atoms. The molecule has 1 heterocycles. The third-order valence-electron chi connectivity index (χ3n) is 6.12. The van der Waals surface area contributed by atoms with Crippen LogP contribution in [-0.4, -0.2) is 63.2 Å². The minimum Gasteiger partial charge on any atom is -0.497 e. The van der Waals surface area contributed by atoms with Crippen molar-refractivity contribution in [3.8, 4) is 5.75 Å². The third-order valence-corrected chi connectivity index (χ3v) is 8.32. The van der Waals surface area contributed by atoms with Gasteiger partial charge in [0.1, 0.15) is 5.75 Å². The van der Waals surface area contributed by atoms with Crippen molar-refractivity contribution < 1.29 is 22.7 Å². The van der Waals surface area contributed by atoms with Gasteiger partial charge in [0.05, 0.1) is 18.6 Å². The summed E-state index contributed by atoms with van der Waals surface area (Å²) in [6.07, 6.45) is 0.841. The number of likely N-dealkylation sites (N-methyl/N-ethyl adjacent to an activating group) is 1. The van der Waals surface area contributed by atoms with Crippen LogP contribution in [0.5, 0.6) is 5.75 Å². The first-order chi connectivity index (χ1) is 16.0. The van der Waals surface area contributed by atoms with E-state index < -0.39 is 10.0 Å². The Balaban J connectivity index is 1.58. The molecule has 1 fully saturated rings. The number of nitrogens with one attached hydrogen (secondary N) is 1. The molecule has 0 aromatic heterocycles.